The van der Waals surface area contributed by atoms with Crippen molar-refractivity contribution in [3.05, 3.63) is 23.0 Å². The Morgan fingerprint density at radius 3 is 2.94 bits per heavy atom. The third kappa shape index (κ3) is 1.92. The van der Waals surface area contributed by atoms with Gasteiger partial charge in [-0.25, -0.2) is 0 Å². The van der Waals surface area contributed by atoms with Crippen LogP contribution in [0.25, 0.3) is 0 Å². The van der Waals surface area contributed by atoms with Crippen molar-refractivity contribution < 1.29 is 9.53 Å². The van der Waals surface area contributed by atoms with Gasteiger partial charge in [0.15, 0.2) is 5.78 Å². The number of nitrogens with zero attached hydrogens (tertiary/aromatic N) is 1. The van der Waals surface area contributed by atoms with Crippen molar-refractivity contribution in [2.24, 2.45) is 0 Å². The number of ether oxygens (including phenoxy) is 1. The minimum Gasteiger partial charge on any atom is -0.380 e. The molecule has 1 unspecified atom stereocenters. The molecule has 3 nitrogen and oxygen atoms in total. The molecule has 1 aromatic heterocycles. The minimum atomic E-state index is 0.187. The second-order valence-corrected chi connectivity index (χ2v) is 4.58. The zero-order valence-corrected chi connectivity index (χ0v) is 10.2. The molecular weight excluding hydrogens is 202 g/mol. The molecule has 0 fully saturated rings. The molecule has 0 N–H and O–H groups in total. The van der Waals surface area contributed by atoms with E-state index in [9.17, 15) is 4.79 Å². The highest BCUT2D eigenvalue weighted by atomic mass is 16.5. The van der Waals surface area contributed by atoms with Gasteiger partial charge in [-0.3, -0.25) is 4.79 Å². The van der Waals surface area contributed by atoms with Crippen LogP contribution in [0.1, 0.15) is 41.5 Å². The lowest BCUT2D eigenvalue weighted by molar-refractivity contribution is 0.0959. The molecule has 0 saturated heterocycles. The monoisotopic (exact) mass is 221 g/mol. The SMILES string of the molecule is COC(C)Cn1c(C)cc2c1CCCC2=O. The fourth-order valence-corrected chi connectivity index (χ4v) is 2.38. The quantitative estimate of drug-likeness (QED) is 0.784. The fraction of sp³-hybridized carbons (Fsp3) is 0.615. The van der Waals surface area contributed by atoms with Gasteiger partial charge in [0, 0.05) is 37.0 Å². The summed E-state index contributed by atoms with van der Waals surface area (Å²) in [5.41, 5.74) is 3.31. The number of hydrogen-bond donors (Lipinski definition) is 0. The minimum absolute atomic E-state index is 0.187. The van der Waals surface area contributed by atoms with Crippen LogP contribution in [0.5, 0.6) is 0 Å². The Morgan fingerprint density at radius 1 is 1.50 bits per heavy atom. The highest BCUT2D eigenvalue weighted by Crippen LogP contribution is 2.25. The van der Waals surface area contributed by atoms with Gasteiger partial charge in [0.05, 0.1) is 6.10 Å². The first-order chi connectivity index (χ1) is 7.63. The largest absolute Gasteiger partial charge is 0.380 e. The molecular formula is C13H19NO2. The smallest absolute Gasteiger partial charge is 0.164 e. The predicted molar refractivity (Wildman–Crippen MR) is 62.9 cm³/mol. The number of aromatic nitrogens is 1. The molecule has 1 aliphatic carbocycles. The van der Waals surface area contributed by atoms with Crippen molar-refractivity contribution in [2.45, 2.75) is 45.8 Å². The Balaban J connectivity index is 2.34. The van der Waals surface area contributed by atoms with Crippen LogP contribution < -0.4 is 0 Å². The molecule has 0 saturated carbocycles. The summed E-state index contributed by atoms with van der Waals surface area (Å²) >= 11 is 0. The van der Waals surface area contributed by atoms with Gasteiger partial charge in [-0.15, -0.1) is 0 Å². The Labute approximate surface area is 96.4 Å². The van der Waals surface area contributed by atoms with Gasteiger partial charge in [0.1, 0.15) is 0 Å². The molecule has 0 amide bonds. The summed E-state index contributed by atoms with van der Waals surface area (Å²) in [6, 6.07) is 2.03. The summed E-state index contributed by atoms with van der Waals surface area (Å²) in [7, 11) is 1.72. The van der Waals surface area contributed by atoms with E-state index in [0.29, 0.717) is 12.2 Å². The van der Waals surface area contributed by atoms with Crippen molar-refractivity contribution in [3.8, 4) is 0 Å². The number of carbonyl (C=O) groups is 1. The summed E-state index contributed by atoms with van der Waals surface area (Å²) < 4.78 is 7.53. The molecule has 1 heterocycles. The molecule has 0 radical (unpaired) electrons. The van der Waals surface area contributed by atoms with Crippen molar-refractivity contribution >= 4 is 5.78 Å². The van der Waals surface area contributed by atoms with Gasteiger partial charge >= 0.3 is 0 Å². The van der Waals surface area contributed by atoms with E-state index in [0.717, 1.165) is 24.9 Å². The molecule has 0 aliphatic heterocycles. The fourth-order valence-electron chi connectivity index (χ4n) is 2.38. The van der Waals surface area contributed by atoms with E-state index in [1.165, 1.54) is 11.4 Å². The van der Waals surface area contributed by atoms with Crippen LogP contribution in [-0.4, -0.2) is 23.6 Å². The molecule has 0 bridgehead atoms. The first kappa shape index (κ1) is 11.4. The van der Waals surface area contributed by atoms with Gasteiger partial charge in [0.25, 0.3) is 0 Å². The van der Waals surface area contributed by atoms with Crippen LogP contribution in [0, 0.1) is 6.92 Å². The maximum atomic E-state index is 11.8. The molecule has 1 aromatic rings. The van der Waals surface area contributed by atoms with Crippen molar-refractivity contribution in [1.29, 1.82) is 0 Å². The van der Waals surface area contributed by atoms with Gasteiger partial charge in [-0.05, 0) is 32.8 Å². The maximum absolute atomic E-state index is 11.8. The Morgan fingerprint density at radius 2 is 2.25 bits per heavy atom. The average molecular weight is 221 g/mol. The van der Waals surface area contributed by atoms with Gasteiger partial charge in [-0.1, -0.05) is 0 Å². The van der Waals surface area contributed by atoms with Crippen LogP contribution in [0.2, 0.25) is 0 Å². The van der Waals surface area contributed by atoms with E-state index in [4.69, 9.17) is 4.74 Å². The van der Waals surface area contributed by atoms with Crippen LogP contribution in [-0.2, 0) is 17.7 Å². The highest BCUT2D eigenvalue weighted by Gasteiger charge is 2.22. The van der Waals surface area contributed by atoms with Crippen LogP contribution in [0.15, 0.2) is 6.07 Å². The molecule has 16 heavy (non-hydrogen) atoms. The van der Waals surface area contributed by atoms with E-state index >= 15 is 0 Å². The molecule has 2 rings (SSSR count). The van der Waals surface area contributed by atoms with E-state index in [2.05, 4.69) is 18.4 Å². The number of Topliss-reactive ketones (excluding diaryl/α,β-unsaturated/α-hetero) is 1. The lowest BCUT2D eigenvalue weighted by Gasteiger charge is -2.18. The zero-order valence-electron chi connectivity index (χ0n) is 10.2. The lowest BCUT2D eigenvalue weighted by atomic mass is 9.96. The molecule has 1 atom stereocenters. The molecule has 1 aliphatic rings. The van der Waals surface area contributed by atoms with Crippen molar-refractivity contribution in [3.63, 3.8) is 0 Å². The van der Waals surface area contributed by atoms with E-state index < -0.39 is 0 Å². The van der Waals surface area contributed by atoms with Crippen molar-refractivity contribution in [2.75, 3.05) is 7.11 Å². The Bertz CT molecular complexity index is 406. The van der Waals surface area contributed by atoms with E-state index in [1.54, 1.807) is 7.11 Å². The lowest BCUT2D eigenvalue weighted by Crippen LogP contribution is -2.20. The van der Waals surface area contributed by atoms with Gasteiger partial charge in [-0.2, -0.15) is 0 Å². The second kappa shape index (κ2) is 4.42. The summed E-state index contributed by atoms with van der Waals surface area (Å²) in [5, 5.41) is 0. The number of fused-ring (bicyclic) bond motifs is 1. The summed E-state index contributed by atoms with van der Waals surface area (Å²) in [6.07, 6.45) is 2.89. The van der Waals surface area contributed by atoms with Crippen LogP contribution in [0.4, 0.5) is 0 Å². The van der Waals surface area contributed by atoms with Crippen LogP contribution in [0.3, 0.4) is 0 Å². The van der Waals surface area contributed by atoms with Gasteiger partial charge in [0.2, 0.25) is 0 Å². The first-order valence-electron chi connectivity index (χ1n) is 5.88. The molecule has 0 aromatic carbocycles. The van der Waals surface area contributed by atoms with Crippen molar-refractivity contribution in [1.82, 2.24) is 4.57 Å². The molecule has 88 valence electrons. The average Bonchev–Trinajstić information content (AvgIpc) is 2.58. The Hall–Kier alpha value is -1.09. The summed E-state index contributed by atoms with van der Waals surface area (Å²) in [5.74, 6) is 0.299. The molecule has 0 spiro atoms. The first-order valence-corrected chi connectivity index (χ1v) is 5.88. The maximum Gasteiger partial charge on any atom is 0.164 e. The number of ketones is 1. The number of methoxy groups -OCH3 is 1. The third-order valence-corrected chi connectivity index (χ3v) is 3.38. The predicted octanol–water partition coefficient (Wildman–Crippen LogP) is 2.35. The normalized spacial score (nSPS) is 17.3. The second-order valence-electron chi connectivity index (χ2n) is 4.58. The number of rotatable bonds is 3. The summed E-state index contributed by atoms with van der Waals surface area (Å²) in [6.45, 7) is 4.95. The number of hydrogen-bond acceptors (Lipinski definition) is 2. The standard InChI is InChI=1S/C13H19NO2/c1-9-7-11-12(5-4-6-13(11)15)14(9)8-10(2)16-3/h7,10H,4-6,8H2,1-3H3. The van der Waals surface area contributed by atoms with E-state index in [1.807, 2.05) is 6.07 Å². The van der Waals surface area contributed by atoms with Gasteiger partial charge < -0.3 is 9.30 Å². The number of carbonyl (C=O) groups excluding carboxylic acids is 1. The Kier molecular flexibility index (Phi) is 3.15. The van der Waals surface area contributed by atoms with Crippen LogP contribution >= 0.6 is 0 Å². The zero-order chi connectivity index (χ0) is 11.7. The number of aryl methyl sites for hydroxylation is 1. The van der Waals surface area contributed by atoms with E-state index in [-0.39, 0.29) is 6.10 Å². The third-order valence-electron chi connectivity index (χ3n) is 3.38. The topological polar surface area (TPSA) is 31.2 Å². The molecule has 3 heteroatoms. The highest BCUT2D eigenvalue weighted by molar-refractivity contribution is 5.98. The summed E-state index contributed by atoms with van der Waals surface area (Å²) in [4.78, 5) is 11.8.